The van der Waals surface area contributed by atoms with Crippen LogP contribution in [0.5, 0.6) is 0 Å². The summed E-state index contributed by atoms with van der Waals surface area (Å²) in [5, 5.41) is 10.7. The second kappa shape index (κ2) is 6.24. The summed E-state index contributed by atoms with van der Waals surface area (Å²) in [5.74, 6) is -0.409. The highest BCUT2D eigenvalue weighted by Gasteiger charge is 2.10. The highest BCUT2D eigenvalue weighted by molar-refractivity contribution is 7.80. The first kappa shape index (κ1) is 13.4. The molecule has 0 atom stereocenters. The Balaban J connectivity index is 1.92. The minimum Gasteiger partial charge on any atom is -0.389 e. The Hall–Kier alpha value is -2.02. The highest BCUT2D eigenvalue weighted by Crippen LogP contribution is 2.18. The van der Waals surface area contributed by atoms with Gasteiger partial charge in [0.2, 0.25) is 0 Å². The molecule has 0 fully saturated rings. The van der Waals surface area contributed by atoms with E-state index in [0.29, 0.717) is 12.2 Å². The van der Waals surface area contributed by atoms with Crippen LogP contribution in [0.4, 0.5) is 10.1 Å². The van der Waals surface area contributed by atoms with E-state index in [-0.39, 0.29) is 10.6 Å². The van der Waals surface area contributed by atoms with Gasteiger partial charge < -0.3 is 11.1 Å². The maximum atomic E-state index is 13.6. The van der Waals surface area contributed by atoms with Gasteiger partial charge in [-0.3, -0.25) is 4.68 Å². The molecule has 0 amide bonds. The summed E-state index contributed by atoms with van der Waals surface area (Å²) in [6, 6.07) is 4.72. The Labute approximate surface area is 115 Å². The fourth-order valence-electron chi connectivity index (χ4n) is 1.74. The van der Waals surface area contributed by atoms with E-state index in [1.54, 1.807) is 29.2 Å². The number of aromatic nitrogens is 3. The number of nitrogens with two attached hydrogens (primary N) is 1. The third-order valence-corrected chi connectivity index (χ3v) is 2.82. The van der Waals surface area contributed by atoms with Gasteiger partial charge in [0, 0.05) is 25.0 Å². The average Bonchev–Trinajstić information content (AvgIpc) is 2.87. The summed E-state index contributed by atoms with van der Waals surface area (Å²) in [6.45, 7) is 1.41. The lowest BCUT2D eigenvalue weighted by Crippen LogP contribution is -2.16. The number of rotatable bonds is 6. The van der Waals surface area contributed by atoms with Crippen molar-refractivity contribution < 1.29 is 4.39 Å². The fourth-order valence-corrected chi connectivity index (χ4v) is 1.95. The van der Waals surface area contributed by atoms with Crippen LogP contribution in [0, 0.1) is 5.82 Å². The molecule has 0 saturated carbocycles. The molecule has 0 radical (unpaired) electrons. The molecule has 0 unspecified atom stereocenters. The number of hydrogen-bond donors (Lipinski definition) is 2. The summed E-state index contributed by atoms with van der Waals surface area (Å²) < 4.78 is 15.3. The van der Waals surface area contributed by atoms with Crippen LogP contribution < -0.4 is 11.1 Å². The van der Waals surface area contributed by atoms with Crippen LogP contribution in [-0.4, -0.2) is 26.5 Å². The molecule has 0 aliphatic rings. The van der Waals surface area contributed by atoms with Crippen molar-refractivity contribution in [3.63, 3.8) is 0 Å². The Morgan fingerprint density at radius 1 is 1.47 bits per heavy atom. The molecule has 5 nitrogen and oxygen atoms in total. The molecule has 100 valence electrons. The van der Waals surface area contributed by atoms with Gasteiger partial charge in [-0.05, 0) is 18.6 Å². The van der Waals surface area contributed by atoms with Crippen molar-refractivity contribution in [2.45, 2.75) is 13.0 Å². The number of anilines is 1. The first-order valence-corrected chi connectivity index (χ1v) is 6.25. The lowest BCUT2D eigenvalue weighted by molar-refractivity contribution is 0.569. The van der Waals surface area contributed by atoms with Crippen LogP contribution in [0.25, 0.3) is 0 Å². The van der Waals surface area contributed by atoms with E-state index in [2.05, 4.69) is 15.6 Å². The SMILES string of the molecule is NC(=S)c1c(F)cccc1NCCCn1ccnn1. The van der Waals surface area contributed by atoms with Crippen molar-refractivity contribution in [2.75, 3.05) is 11.9 Å². The van der Waals surface area contributed by atoms with E-state index in [9.17, 15) is 4.39 Å². The van der Waals surface area contributed by atoms with E-state index in [4.69, 9.17) is 18.0 Å². The maximum absolute atomic E-state index is 13.6. The number of aryl methyl sites for hydroxylation is 1. The van der Waals surface area contributed by atoms with Crippen molar-refractivity contribution in [3.8, 4) is 0 Å². The molecule has 0 aliphatic carbocycles. The Morgan fingerprint density at radius 2 is 2.32 bits per heavy atom. The molecular formula is C12H14FN5S. The zero-order valence-electron chi connectivity index (χ0n) is 10.2. The van der Waals surface area contributed by atoms with Gasteiger partial charge in [0.15, 0.2) is 0 Å². The molecule has 2 rings (SSSR count). The van der Waals surface area contributed by atoms with Crippen molar-refractivity contribution in [1.82, 2.24) is 15.0 Å². The molecule has 1 aromatic heterocycles. The molecule has 1 heterocycles. The molecule has 0 saturated heterocycles. The zero-order chi connectivity index (χ0) is 13.7. The monoisotopic (exact) mass is 279 g/mol. The van der Waals surface area contributed by atoms with Gasteiger partial charge in [0.25, 0.3) is 0 Å². The Morgan fingerprint density at radius 3 is 3.00 bits per heavy atom. The largest absolute Gasteiger partial charge is 0.389 e. The second-order valence-electron chi connectivity index (χ2n) is 3.97. The summed E-state index contributed by atoms with van der Waals surface area (Å²) >= 11 is 4.86. The van der Waals surface area contributed by atoms with E-state index in [0.717, 1.165) is 13.0 Å². The minimum atomic E-state index is -0.409. The van der Waals surface area contributed by atoms with E-state index >= 15 is 0 Å². The average molecular weight is 279 g/mol. The maximum Gasteiger partial charge on any atom is 0.135 e. The normalized spacial score (nSPS) is 10.4. The van der Waals surface area contributed by atoms with E-state index < -0.39 is 5.82 Å². The Kier molecular flexibility index (Phi) is 4.40. The third-order valence-electron chi connectivity index (χ3n) is 2.61. The summed E-state index contributed by atoms with van der Waals surface area (Å²) in [7, 11) is 0. The van der Waals surface area contributed by atoms with Crippen LogP contribution in [0.3, 0.4) is 0 Å². The first-order valence-electron chi connectivity index (χ1n) is 5.85. The molecule has 0 bridgehead atoms. The van der Waals surface area contributed by atoms with Crippen LogP contribution >= 0.6 is 12.2 Å². The number of thiocarbonyl (C=S) groups is 1. The molecule has 7 heteroatoms. The zero-order valence-corrected chi connectivity index (χ0v) is 11.0. The molecule has 2 aromatic rings. The third kappa shape index (κ3) is 3.47. The lowest BCUT2D eigenvalue weighted by atomic mass is 10.1. The summed E-state index contributed by atoms with van der Waals surface area (Å²) in [5.41, 5.74) is 6.40. The standard InChI is InChI=1S/C12H14FN5S/c13-9-3-1-4-10(11(9)12(14)19)15-5-2-7-18-8-6-16-17-18/h1,3-4,6,8,15H,2,5,7H2,(H2,14,19). The first-order chi connectivity index (χ1) is 9.18. The fraction of sp³-hybridized carbons (Fsp3) is 0.250. The second-order valence-corrected chi connectivity index (χ2v) is 4.41. The number of hydrogen-bond acceptors (Lipinski definition) is 4. The summed E-state index contributed by atoms with van der Waals surface area (Å²) in [6.07, 6.45) is 4.25. The molecule has 1 aromatic carbocycles. The van der Waals surface area contributed by atoms with Crippen LogP contribution in [0.2, 0.25) is 0 Å². The van der Waals surface area contributed by atoms with Crippen LogP contribution in [0.1, 0.15) is 12.0 Å². The van der Waals surface area contributed by atoms with Gasteiger partial charge in [-0.25, -0.2) is 4.39 Å². The van der Waals surface area contributed by atoms with Gasteiger partial charge in [0.1, 0.15) is 10.8 Å². The number of nitrogens with one attached hydrogen (secondary N) is 1. The van der Waals surface area contributed by atoms with E-state index in [1.807, 2.05) is 0 Å². The smallest absolute Gasteiger partial charge is 0.135 e. The highest BCUT2D eigenvalue weighted by atomic mass is 32.1. The molecule has 0 aliphatic heterocycles. The topological polar surface area (TPSA) is 68.8 Å². The number of benzene rings is 1. The van der Waals surface area contributed by atoms with Crippen molar-refractivity contribution in [2.24, 2.45) is 5.73 Å². The predicted octanol–water partition coefficient (Wildman–Crippen LogP) is 1.55. The van der Waals surface area contributed by atoms with Crippen molar-refractivity contribution in [1.29, 1.82) is 0 Å². The number of nitrogens with zero attached hydrogens (tertiary/aromatic N) is 3. The van der Waals surface area contributed by atoms with Gasteiger partial charge in [-0.15, -0.1) is 5.10 Å². The number of halogens is 1. The van der Waals surface area contributed by atoms with Crippen LogP contribution in [0.15, 0.2) is 30.6 Å². The molecular weight excluding hydrogens is 265 g/mol. The lowest BCUT2D eigenvalue weighted by Gasteiger charge is -2.11. The van der Waals surface area contributed by atoms with E-state index in [1.165, 1.54) is 6.07 Å². The van der Waals surface area contributed by atoms with Gasteiger partial charge in [-0.1, -0.05) is 23.5 Å². The Bertz CT molecular complexity index is 555. The minimum absolute atomic E-state index is 0.0527. The van der Waals surface area contributed by atoms with Gasteiger partial charge in [0.05, 0.1) is 11.8 Å². The molecule has 19 heavy (non-hydrogen) atoms. The predicted molar refractivity (Wildman–Crippen MR) is 75.4 cm³/mol. The molecule has 3 N–H and O–H groups in total. The van der Waals surface area contributed by atoms with Gasteiger partial charge in [-0.2, -0.15) is 0 Å². The molecule has 0 spiro atoms. The van der Waals surface area contributed by atoms with Crippen molar-refractivity contribution >= 4 is 22.9 Å². The van der Waals surface area contributed by atoms with Crippen LogP contribution in [-0.2, 0) is 6.54 Å². The van der Waals surface area contributed by atoms with Gasteiger partial charge >= 0.3 is 0 Å². The summed E-state index contributed by atoms with van der Waals surface area (Å²) in [4.78, 5) is 0.0527. The quantitative estimate of drug-likeness (QED) is 0.620. The van der Waals surface area contributed by atoms with Crippen molar-refractivity contribution in [3.05, 3.63) is 42.0 Å².